The topological polar surface area (TPSA) is 124 Å². The summed E-state index contributed by atoms with van der Waals surface area (Å²) in [7, 11) is 3.12. The van der Waals surface area contributed by atoms with E-state index in [1.165, 1.54) is 0 Å². The van der Waals surface area contributed by atoms with Crippen molar-refractivity contribution in [3.63, 3.8) is 0 Å². The molecule has 0 fully saturated rings. The lowest BCUT2D eigenvalue weighted by Crippen LogP contribution is -2.34. The Bertz CT molecular complexity index is 807. The Balaban J connectivity index is 0. The van der Waals surface area contributed by atoms with Crippen LogP contribution in [0.3, 0.4) is 0 Å². The first-order chi connectivity index (χ1) is 19.2. The molecule has 0 spiro atoms. The number of unbranched alkanes of at least 4 members (excludes halogenated alkanes) is 1. The third kappa shape index (κ3) is 20.8. The molecule has 0 aliphatic heterocycles. The van der Waals surface area contributed by atoms with Crippen molar-refractivity contribution < 1.29 is 47.6 Å². The van der Waals surface area contributed by atoms with Crippen LogP contribution in [0.15, 0.2) is 24.3 Å². The van der Waals surface area contributed by atoms with Crippen molar-refractivity contribution in [2.45, 2.75) is 80.1 Å². The maximum Gasteiger partial charge on any atom is 0.333 e. The van der Waals surface area contributed by atoms with Crippen LogP contribution in [0.2, 0.25) is 0 Å². The first kappa shape index (κ1) is 40.4. The van der Waals surface area contributed by atoms with E-state index in [1.54, 1.807) is 28.1 Å². The van der Waals surface area contributed by atoms with Gasteiger partial charge >= 0.3 is 23.9 Å². The predicted octanol–water partition coefficient (Wildman–Crippen LogP) is 5.23. The molecule has 0 radical (unpaired) electrons. The maximum absolute atomic E-state index is 12.4. The van der Waals surface area contributed by atoms with E-state index in [0.29, 0.717) is 49.7 Å². The second kappa shape index (κ2) is 23.9. The molecule has 0 N–H and O–H groups in total. The molecule has 3 atom stereocenters. The number of carbonyl (C=O) groups is 4. The molecule has 0 aromatic rings. The lowest BCUT2D eigenvalue weighted by atomic mass is 9.78. The van der Waals surface area contributed by atoms with Gasteiger partial charge in [0.05, 0.1) is 37.8 Å². The molecule has 10 nitrogen and oxygen atoms in total. The van der Waals surface area contributed by atoms with Gasteiger partial charge in [-0.05, 0) is 58.8 Å². The molecule has 0 aromatic carbocycles. The van der Waals surface area contributed by atoms with Gasteiger partial charge in [-0.15, -0.1) is 0 Å². The van der Waals surface area contributed by atoms with Crippen LogP contribution in [0.4, 0.5) is 0 Å². The van der Waals surface area contributed by atoms with E-state index in [9.17, 15) is 19.2 Å². The molecule has 0 rings (SSSR count). The largest absolute Gasteiger partial charge is 0.463 e. The van der Waals surface area contributed by atoms with Crippen molar-refractivity contribution >= 4 is 23.9 Å². The van der Waals surface area contributed by atoms with Gasteiger partial charge in [0, 0.05) is 25.4 Å². The molecule has 10 heteroatoms. The Morgan fingerprint density at radius 1 is 0.732 bits per heavy atom. The van der Waals surface area contributed by atoms with Crippen LogP contribution >= 0.6 is 0 Å². The van der Waals surface area contributed by atoms with Crippen LogP contribution in [0, 0.1) is 17.3 Å². The normalized spacial score (nSPS) is 13.4. The number of rotatable bonds is 21. The number of hydrogen-bond acceptors (Lipinski definition) is 10. The van der Waals surface area contributed by atoms with Gasteiger partial charge < -0.3 is 28.4 Å². The summed E-state index contributed by atoms with van der Waals surface area (Å²) < 4.78 is 30.0. The van der Waals surface area contributed by atoms with E-state index in [2.05, 4.69) is 27.0 Å². The van der Waals surface area contributed by atoms with Gasteiger partial charge in [0.25, 0.3) is 0 Å². The maximum atomic E-state index is 12.4. The van der Waals surface area contributed by atoms with E-state index in [0.717, 1.165) is 25.7 Å². The summed E-state index contributed by atoms with van der Waals surface area (Å²) in [6.45, 7) is 20.0. The van der Waals surface area contributed by atoms with Crippen molar-refractivity contribution in [1.29, 1.82) is 0 Å². The quantitative estimate of drug-likeness (QED) is 0.0764. The highest BCUT2D eigenvalue weighted by Gasteiger charge is 2.36. The molecule has 0 heterocycles. The molecule has 0 amide bonds. The van der Waals surface area contributed by atoms with Crippen LogP contribution in [0.5, 0.6) is 0 Å². The predicted molar refractivity (Wildman–Crippen MR) is 157 cm³/mol. The highest BCUT2D eigenvalue weighted by Crippen LogP contribution is 2.33. The lowest BCUT2D eigenvalue weighted by molar-refractivity contribution is -0.160. The first-order valence-corrected chi connectivity index (χ1v) is 14.2. The minimum atomic E-state index is -0.668. The summed E-state index contributed by atoms with van der Waals surface area (Å²) in [5, 5.41) is 0. The fourth-order valence-corrected chi connectivity index (χ4v) is 3.41. The fraction of sp³-hybridized carbons (Fsp3) is 0.742. The van der Waals surface area contributed by atoms with Gasteiger partial charge in [-0.2, -0.15) is 0 Å². The van der Waals surface area contributed by atoms with Gasteiger partial charge in [-0.25, -0.2) is 9.59 Å². The average Bonchev–Trinajstić information content (AvgIpc) is 2.92. The average molecular weight is 587 g/mol. The molecule has 0 saturated heterocycles. The second-order valence-corrected chi connectivity index (χ2v) is 10.5. The number of methoxy groups -OCH3 is 2. The first-order valence-electron chi connectivity index (χ1n) is 14.2. The van der Waals surface area contributed by atoms with Gasteiger partial charge in [-0.3, -0.25) is 9.59 Å². The summed E-state index contributed by atoms with van der Waals surface area (Å²) in [4.78, 5) is 46.4. The zero-order valence-corrected chi connectivity index (χ0v) is 26.6. The number of carbonyl (C=O) groups excluding carboxylic acids is 4. The van der Waals surface area contributed by atoms with Gasteiger partial charge in [0.2, 0.25) is 0 Å². The van der Waals surface area contributed by atoms with Crippen LogP contribution in [-0.2, 0) is 47.6 Å². The van der Waals surface area contributed by atoms with Gasteiger partial charge in [0.15, 0.2) is 0 Å². The van der Waals surface area contributed by atoms with Gasteiger partial charge in [-0.1, -0.05) is 40.3 Å². The zero-order valence-electron chi connectivity index (χ0n) is 26.6. The van der Waals surface area contributed by atoms with Crippen LogP contribution < -0.4 is 0 Å². The molecule has 0 bridgehead atoms. The van der Waals surface area contributed by atoms with E-state index < -0.39 is 11.4 Å². The number of esters is 4. The number of hydrogen-bond donors (Lipinski definition) is 0. The molecule has 3 unspecified atom stereocenters. The summed E-state index contributed by atoms with van der Waals surface area (Å²) in [6.07, 6.45) is 4.36. The van der Waals surface area contributed by atoms with Crippen molar-refractivity contribution in [1.82, 2.24) is 0 Å². The fourth-order valence-electron chi connectivity index (χ4n) is 3.41. The molecule has 0 aliphatic carbocycles. The van der Waals surface area contributed by atoms with E-state index in [-0.39, 0.29) is 43.6 Å². The van der Waals surface area contributed by atoms with Gasteiger partial charge in [0.1, 0.15) is 13.2 Å². The van der Waals surface area contributed by atoms with Crippen LogP contribution in [0.25, 0.3) is 0 Å². The van der Waals surface area contributed by atoms with Crippen molar-refractivity contribution in [3.8, 4) is 0 Å². The number of ether oxygens (including phenoxy) is 6. The van der Waals surface area contributed by atoms with Crippen molar-refractivity contribution in [3.05, 3.63) is 24.3 Å². The third-order valence-electron chi connectivity index (χ3n) is 6.29. The monoisotopic (exact) mass is 586 g/mol. The minimum absolute atomic E-state index is 0.145. The third-order valence-corrected chi connectivity index (χ3v) is 6.29. The SMILES string of the molecule is C=C(C)C(=O)OCCC(C)(CC(C)CC)C(=O)OCCOC.C=C(C)C(=O)OCCCCC(C)C(=O)OCCOC. The Morgan fingerprint density at radius 2 is 1.24 bits per heavy atom. The Kier molecular flexibility index (Phi) is 23.6. The molecule has 41 heavy (non-hydrogen) atoms. The Morgan fingerprint density at radius 3 is 1.73 bits per heavy atom. The molecular formula is C31H54O10. The Hall–Kier alpha value is -2.72. The van der Waals surface area contributed by atoms with Crippen molar-refractivity contribution in [2.75, 3.05) is 53.9 Å². The standard InChI is InChI=1S/C17H30O5.C14H24O5/c1-7-14(4)12-17(5,16(19)22-11-10-20-6)8-9-21-15(18)13(2)3;1-11(2)13(15)18-8-6-5-7-12(3)14(16)19-10-9-17-4/h14H,2,7-12H2,1,3-6H3;12H,1,5-10H2,2-4H3. The van der Waals surface area contributed by atoms with E-state index in [1.807, 2.05) is 13.8 Å². The highest BCUT2D eigenvalue weighted by molar-refractivity contribution is 5.87. The molecule has 0 aliphatic rings. The molecule has 0 saturated carbocycles. The van der Waals surface area contributed by atoms with Crippen LogP contribution in [0.1, 0.15) is 80.1 Å². The summed E-state index contributed by atoms with van der Waals surface area (Å²) in [5.41, 5.74) is 0.0832. The summed E-state index contributed by atoms with van der Waals surface area (Å²) >= 11 is 0. The van der Waals surface area contributed by atoms with E-state index in [4.69, 9.17) is 28.4 Å². The Labute approximate surface area is 247 Å². The minimum Gasteiger partial charge on any atom is -0.463 e. The highest BCUT2D eigenvalue weighted by atomic mass is 16.6. The molecule has 0 aromatic heterocycles. The second-order valence-electron chi connectivity index (χ2n) is 10.5. The van der Waals surface area contributed by atoms with E-state index >= 15 is 0 Å². The summed E-state index contributed by atoms with van der Waals surface area (Å²) in [6, 6.07) is 0. The zero-order chi connectivity index (χ0) is 31.8. The summed E-state index contributed by atoms with van der Waals surface area (Å²) in [5.74, 6) is -1.04. The smallest absolute Gasteiger partial charge is 0.333 e. The molecule has 238 valence electrons. The van der Waals surface area contributed by atoms with Crippen LogP contribution in [-0.4, -0.2) is 77.7 Å². The lowest BCUT2D eigenvalue weighted by Gasteiger charge is -2.29. The molecular weight excluding hydrogens is 532 g/mol. The van der Waals surface area contributed by atoms with Crippen molar-refractivity contribution in [2.24, 2.45) is 17.3 Å².